The number of rotatable bonds is 2. The summed E-state index contributed by atoms with van der Waals surface area (Å²) < 4.78 is 5.91. The lowest BCUT2D eigenvalue weighted by atomic mass is 10.2. The Morgan fingerprint density at radius 2 is 2.33 bits per heavy atom. The molecule has 2 rings (SSSR count). The number of hydrogen-bond donors (Lipinski definition) is 1. The summed E-state index contributed by atoms with van der Waals surface area (Å²) in [7, 11) is 0. The summed E-state index contributed by atoms with van der Waals surface area (Å²) in [6, 6.07) is 4.43. The third-order valence-corrected chi connectivity index (χ3v) is 4.07. The molecule has 0 amide bonds. The highest BCUT2D eigenvalue weighted by molar-refractivity contribution is 7.12. The van der Waals surface area contributed by atoms with Gasteiger partial charge in [-0.2, -0.15) is 0 Å². The molecule has 1 aromatic rings. The van der Waals surface area contributed by atoms with Gasteiger partial charge in [0.05, 0.1) is 6.61 Å². The van der Waals surface area contributed by atoms with Crippen LogP contribution in [0.4, 0.5) is 0 Å². The van der Waals surface area contributed by atoms with Crippen molar-refractivity contribution < 1.29 is 4.74 Å². The summed E-state index contributed by atoms with van der Waals surface area (Å²) in [5.74, 6) is 0.626. The van der Waals surface area contributed by atoms with Crippen molar-refractivity contribution in [1.82, 2.24) is 5.32 Å². The van der Waals surface area contributed by atoms with E-state index in [0.29, 0.717) is 5.92 Å². The fourth-order valence-electron chi connectivity index (χ4n) is 1.80. The number of hydrogen-bond acceptors (Lipinski definition) is 3. The highest BCUT2D eigenvalue weighted by Crippen LogP contribution is 2.27. The van der Waals surface area contributed by atoms with Gasteiger partial charge in [0.15, 0.2) is 0 Å². The highest BCUT2D eigenvalue weighted by atomic mass is 32.1. The van der Waals surface area contributed by atoms with E-state index < -0.39 is 0 Å². The van der Waals surface area contributed by atoms with Gasteiger partial charge in [0.2, 0.25) is 0 Å². The van der Waals surface area contributed by atoms with E-state index in [2.05, 4.69) is 31.3 Å². The maximum Gasteiger partial charge on any atom is 0.104 e. The van der Waals surface area contributed by atoms with Crippen LogP contribution >= 0.6 is 11.3 Å². The van der Waals surface area contributed by atoms with Gasteiger partial charge in [0, 0.05) is 22.8 Å². The Hall–Kier alpha value is -0.380. The molecule has 1 aliphatic heterocycles. The maximum absolute atomic E-state index is 5.91. The summed E-state index contributed by atoms with van der Waals surface area (Å²) in [5.41, 5.74) is 0. The van der Waals surface area contributed by atoms with Crippen LogP contribution in [0.3, 0.4) is 0 Å². The molecule has 1 saturated heterocycles. The third kappa shape index (κ3) is 2.80. The van der Waals surface area contributed by atoms with Gasteiger partial charge in [-0.1, -0.05) is 13.8 Å². The first kappa shape index (κ1) is 11.1. The Morgan fingerprint density at radius 3 is 3.07 bits per heavy atom. The Kier molecular flexibility index (Phi) is 3.78. The van der Waals surface area contributed by atoms with E-state index >= 15 is 0 Å². The summed E-state index contributed by atoms with van der Waals surface area (Å²) in [4.78, 5) is 2.82. The minimum absolute atomic E-state index is 0.264. The first-order valence-corrected chi connectivity index (χ1v) is 6.52. The second kappa shape index (κ2) is 5.10. The van der Waals surface area contributed by atoms with Crippen LogP contribution < -0.4 is 5.32 Å². The van der Waals surface area contributed by atoms with Crippen molar-refractivity contribution in [3.8, 4) is 0 Å². The third-order valence-electron chi connectivity index (χ3n) is 2.75. The molecule has 0 aromatic carbocycles. The molecule has 3 heteroatoms. The van der Waals surface area contributed by atoms with Gasteiger partial charge in [-0.05, 0) is 24.5 Å². The summed E-state index contributed by atoms with van der Waals surface area (Å²) >= 11 is 1.88. The van der Waals surface area contributed by atoms with Crippen LogP contribution in [-0.2, 0) is 11.2 Å². The Morgan fingerprint density at radius 1 is 1.47 bits per heavy atom. The lowest BCUT2D eigenvalue weighted by molar-refractivity contribution is 0.0538. The predicted molar refractivity (Wildman–Crippen MR) is 64.4 cm³/mol. The standard InChI is InChI=1S/C12H19NOS/c1-3-10-4-5-12(15-10)11-7-13-6-9(2)8-14-11/h4-5,9,11,13H,3,6-8H2,1-2H3. The van der Waals surface area contributed by atoms with Crippen molar-refractivity contribution in [3.63, 3.8) is 0 Å². The Balaban J connectivity index is 2.03. The van der Waals surface area contributed by atoms with E-state index in [-0.39, 0.29) is 6.10 Å². The van der Waals surface area contributed by atoms with Crippen molar-refractivity contribution in [1.29, 1.82) is 0 Å². The fraction of sp³-hybridized carbons (Fsp3) is 0.667. The lowest BCUT2D eigenvalue weighted by Gasteiger charge is -2.13. The van der Waals surface area contributed by atoms with Crippen LogP contribution in [0.1, 0.15) is 29.7 Å². The number of nitrogens with one attached hydrogen (secondary N) is 1. The summed E-state index contributed by atoms with van der Waals surface area (Å²) in [6.07, 6.45) is 1.39. The molecule has 2 atom stereocenters. The molecule has 0 spiro atoms. The van der Waals surface area contributed by atoms with Crippen molar-refractivity contribution in [2.24, 2.45) is 5.92 Å². The van der Waals surface area contributed by atoms with Crippen molar-refractivity contribution in [3.05, 3.63) is 21.9 Å². The average molecular weight is 225 g/mol. The van der Waals surface area contributed by atoms with Gasteiger partial charge < -0.3 is 10.1 Å². The zero-order valence-electron chi connectivity index (χ0n) is 9.45. The maximum atomic E-state index is 5.91. The first-order chi connectivity index (χ1) is 7.29. The largest absolute Gasteiger partial charge is 0.371 e. The average Bonchev–Trinajstić information content (AvgIpc) is 2.62. The van der Waals surface area contributed by atoms with Crippen LogP contribution in [-0.4, -0.2) is 19.7 Å². The molecule has 1 aliphatic rings. The van der Waals surface area contributed by atoms with Crippen LogP contribution in [0.2, 0.25) is 0 Å². The van der Waals surface area contributed by atoms with Crippen LogP contribution in [0, 0.1) is 5.92 Å². The minimum atomic E-state index is 0.264. The van der Waals surface area contributed by atoms with E-state index in [1.54, 1.807) is 0 Å². The van der Waals surface area contributed by atoms with Crippen LogP contribution in [0.25, 0.3) is 0 Å². The summed E-state index contributed by atoms with van der Waals surface area (Å²) in [6.45, 7) is 7.32. The quantitative estimate of drug-likeness (QED) is 0.835. The normalized spacial score (nSPS) is 27.6. The second-order valence-corrected chi connectivity index (χ2v) is 5.44. The smallest absolute Gasteiger partial charge is 0.104 e. The van der Waals surface area contributed by atoms with Crippen LogP contribution in [0.5, 0.6) is 0 Å². The van der Waals surface area contributed by atoms with Gasteiger partial charge in [-0.15, -0.1) is 11.3 Å². The van der Waals surface area contributed by atoms with Crippen LogP contribution in [0.15, 0.2) is 12.1 Å². The monoisotopic (exact) mass is 225 g/mol. The van der Waals surface area contributed by atoms with E-state index in [1.165, 1.54) is 9.75 Å². The van der Waals surface area contributed by atoms with E-state index in [4.69, 9.17) is 4.74 Å². The Bertz CT molecular complexity index is 310. The van der Waals surface area contributed by atoms with Crippen molar-refractivity contribution >= 4 is 11.3 Å². The van der Waals surface area contributed by atoms with Crippen molar-refractivity contribution in [2.45, 2.75) is 26.4 Å². The molecule has 2 unspecified atom stereocenters. The van der Waals surface area contributed by atoms with Gasteiger partial charge >= 0.3 is 0 Å². The molecule has 0 radical (unpaired) electrons. The van der Waals surface area contributed by atoms with Crippen molar-refractivity contribution in [2.75, 3.05) is 19.7 Å². The SMILES string of the molecule is CCc1ccc(C2CNCC(C)CO2)s1. The number of ether oxygens (including phenoxy) is 1. The molecule has 84 valence electrons. The predicted octanol–water partition coefficient (Wildman–Crippen LogP) is 2.61. The second-order valence-electron chi connectivity index (χ2n) is 4.24. The molecule has 15 heavy (non-hydrogen) atoms. The van der Waals surface area contributed by atoms with E-state index in [0.717, 1.165) is 26.1 Å². The highest BCUT2D eigenvalue weighted by Gasteiger charge is 2.18. The van der Waals surface area contributed by atoms with Gasteiger partial charge in [-0.25, -0.2) is 0 Å². The van der Waals surface area contributed by atoms with Gasteiger partial charge in [0.1, 0.15) is 6.10 Å². The molecule has 2 nitrogen and oxygen atoms in total. The molecule has 0 aliphatic carbocycles. The van der Waals surface area contributed by atoms with Gasteiger partial charge in [-0.3, -0.25) is 0 Å². The number of thiophene rings is 1. The lowest BCUT2D eigenvalue weighted by Crippen LogP contribution is -2.22. The number of aryl methyl sites for hydroxylation is 1. The molecular weight excluding hydrogens is 206 g/mol. The molecule has 1 aromatic heterocycles. The van der Waals surface area contributed by atoms with E-state index in [9.17, 15) is 0 Å². The van der Waals surface area contributed by atoms with Gasteiger partial charge in [0.25, 0.3) is 0 Å². The first-order valence-electron chi connectivity index (χ1n) is 5.70. The topological polar surface area (TPSA) is 21.3 Å². The summed E-state index contributed by atoms with van der Waals surface area (Å²) in [5, 5.41) is 3.45. The zero-order valence-corrected chi connectivity index (χ0v) is 10.3. The molecule has 1 N–H and O–H groups in total. The van der Waals surface area contributed by atoms with E-state index in [1.807, 2.05) is 11.3 Å². The minimum Gasteiger partial charge on any atom is -0.371 e. The Labute approximate surface area is 95.6 Å². The molecule has 0 bridgehead atoms. The molecule has 0 saturated carbocycles. The molecule has 1 fully saturated rings. The molecule has 2 heterocycles. The fourth-order valence-corrected chi connectivity index (χ4v) is 2.80. The zero-order chi connectivity index (χ0) is 10.7. The molecular formula is C12H19NOS.